The summed E-state index contributed by atoms with van der Waals surface area (Å²) in [5.41, 5.74) is 4.88. The Balaban J connectivity index is 1.97. The molecule has 104 valence electrons. The Labute approximate surface area is 119 Å². The molecule has 0 aliphatic heterocycles. The maximum atomic E-state index is 8.45. The van der Waals surface area contributed by atoms with Crippen LogP contribution in [-0.4, -0.2) is 11.2 Å². The molecular weight excluding hydrogens is 250 g/mol. The van der Waals surface area contributed by atoms with Crippen molar-refractivity contribution >= 4 is 5.69 Å². The van der Waals surface area contributed by atoms with Gasteiger partial charge in [-0.25, -0.2) is 0 Å². The van der Waals surface area contributed by atoms with Crippen molar-refractivity contribution in [3.05, 3.63) is 47.3 Å². The van der Waals surface area contributed by atoms with Crippen LogP contribution in [0, 0.1) is 25.2 Å². The normalized spacial score (nSPS) is 10.1. The topological polar surface area (TPSA) is 50.0 Å². The highest BCUT2D eigenvalue weighted by atomic mass is 16.5. The van der Waals surface area contributed by atoms with Crippen molar-refractivity contribution < 1.29 is 4.74 Å². The molecule has 0 spiro atoms. The molecule has 0 fully saturated rings. The number of aromatic nitrogens is 1. The zero-order valence-corrected chi connectivity index (χ0v) is 12.1. The average molecular weight is 269 g/mol. The lowest BCUT2D eigenvalue weighted by Crippen LogP contribution is -2.01. The number of hydrogen-bond acceptors (Lipinski definition) is 3. The van der Waals surface area contributed by atoms with E-state index >= 15 is 0 Å². The van der Waals surface area contributed by atoms with E-state index in [4.69, 9.17) is 10.00 Å². The highest BCUT2D eigenvalue weighted by Gasteiger charge is 2.05. The maximum absolute atomic E-state index is 8.45. The van der Waals surface area contributed by atoms with Crippen LogP contribution in [-0.2, 0) is 13.6 Å². The summed E-state index contributed by atoms with van der Waals surface area (Å²) in [7, 11) is 2.08. The van der Waals surface area contributed by atoms with Gasteiger partial charge in [-0.2, -0.15) is 5.26 Å². The highest BCUT2D eigenvalue weighted by Crippen LogP contribution is 2.18. The van der Waals surface area contributed by atoms with E-state index in [0.717, 1.165) is 12.2 Å². The predicted molar refractivity (Wildman–Crippen MR) is 79.8 cm³/mol. The summed E-state index contributed by atoms with van der Waals surface area (Å²) in [5, 5.41) is 11.8. The Morgan fingerprint density at radius 1 is 1.25 bits per heavy atom. The summed E-state index contributed by atoms with van der Waals surface area (Å²) in [4.78, 5) is 0. The molecule has 0 aliphatic rings. The number of aryl methyl sites for hydroxylation is 1. The number of nitrogens with one attached hydrogen (secondary N) is 1. The van der Waals surface area contributed by atoms with E-state index in [0.29, 0.717) is 5.75 Å². The molecule has 4 nitrogen and oxygen atoms in total. The lowest BCUT2D eigenvalue weighted by Gasteiger charge is -2.08. The molecule has 0 bridgehead atoms. The van der Waals surface area contributed by atoms with Gasteiger partial charge >= 0.3 is 0 Å². The first-order valence-corrected chi connectivity index (χ1v) is 6.57. The minimum absolute atomic E-state index is 0.0786. The standard InChI is InChI=1S/C16H19N3O/c1-12-10-14(13(2)19(12)3)11-18-15-4-6-16(7-5-15)20-9-8-17/h4-7,10,18H,9,11H2,1-3H3. The summed E-state index contributed by atoms with van der Waals surface area (Å²) in [5.74, 6) is 0.712. The quantitative estimate of drug-likeness (QED) is 0.907. The Kier molecular flexibility index (Phi) is 4.31. The first kappa shape index (κ1) is 14.0. The van der Waals surface area contributed by atoms with Gasteiger partial charge in [0.15, 0.2) is 6.61 Å². The van der Waals surface area contributed by atoms with Gasteiger partial charge in [0.1, 0.15) is 11.8 Å². The van der Waals surface area contributed by atoms with Crippen LogP contribution >= 0.6 is 0 Å². The SMILES string of the molecule is Cc1cc(CNc2ccc(OCC#N)cc2)c(C)n1C. The van der Waals surface area contributed by atoms with Gasteiger partial charge in [0.05, 0.1) is 0 Å². The van der Waals surface area contributed by atoms with Gasteiger partial charge in [-0.1, -0.05) is 0 Å². The van der Waals surface area contributed by atoms with Crippen molar-refractivity contribution in [3.63, 3.8) is 0 Å². The van der Waals surface area contributed by atoms with Gasteiger partial charge in [-0.15, -0.1) is 0 Å². The van der Waals surface area contributed by atoms with E-state index in [2.05, 4.69) is 36.8 Å². The zero-order valence-electron chi connectivity index (χ0n) is 12.1. The summed E-state index contributed by atoms with van der Waals surface area (Å²) in [6.07, 6.45) is 0. The van der Waals surface area contributed by atoms with E-state index in [1.807, 2.05) is 30.3 Å². The molecule has 0 saturated heterocycles. The fraction of sp³-hybridized carbons (Fsp3) is 0.312. The summed E-state index contributed by atoms with van der Waals surface area (Å²) < 4.78 is 7.41. The average Bonchev–Trinajstić information content (AvgIpc) is 2.71. The van der Waals surface area contributed by atoms with Crippen LogP contribution in [0.4, 0.5) is 5.69 Å². The minimum Gasteiger partial charge on any atom is -0.479 e. The van der Waals surface area contributed by atoms with Gasteiger partial charge in [0.25, 0.3) is 0 Å². The summed E-state index contributed by atoms with van der Waals surface area (Å²) >= 11 is 0. The molecule has 4 heteroatoms. The molecule has 2 rings (SSSR count). The van der Waals surface area contributed by atoms with Crippen molar-refractivity contribution in [1.82, 2.24) is 4.57 Å². The van der Waals surface area contributed by atoms with E-state index in [1.54, 1.807) is 0 Å². The van der Waals surface area contributed by atoms with Crippen LogP contribution < -0.4 is 10.1 Å². The second-order valence-electron chi connectivity index (χ2n) is 4.78. The van der Waals surface area contributed by atoms with Crippen LogP contribution in [0.25, 0.3) is 0 Å². The van der Waals surface area contributed by atoms with Crippen LogP contribution in [0.15, 0.2) is 30.3 Å². The number of anilines is 1. The Hall–Kier alpha value is -2.41. The molecule has 1 heterocycles. The molecule has 1 aromatic carbocycles. The van der Waals surface area contributed by atoms with Crippen molar-refractivity contribution in [2.75, 3.05) is 11.9 Å². The van der Waals surface area contributed by atoms with Crippen LogP contribution in [0.5, 0.6) is 5.75 Å². The number of nitriles is 1. The van der Waals surface area contributed by atoms with Gasteiger partial charge < -0.3 is 14.6 Å². The first-order valence-electron chi connectivity index (χ1n) is 6.57. The van der Waals surface area contributed by atoms with Gasteiger partial charge in [-0.3, -0.25) is 0 Å². The second kappa shape index (κ2) is 6.16. The summed E-state index contributed by atoms with van der Waals surface area (Å²) in [6, 6.07) is 11.8. The second-order valence-corrected chi connectivity index (χ2v) is 4.78. The number of rotatable bonds is 5. The largest absolute Gasteiger partial charge is 0.479 e. The molecule has 1 N–H and O–H groups in total. The molecule has 20 heavy (non-hydrogen) atoms. The molecule has 0 radical (unpaired) electrons. The van der Waals surface area contributed by atoms with Crippen LogP contribution in [0.1, 0.15) is 17.0 Å². The fourth-order valence-electron chi connectivity index (χ4n) is 2.09. The van der Waals surface area contributed by atoms with E-state index in [1.165, 1.54) is 17.0 Å². The molecule has 0 saturated carbocycles. The maximum Gasteiger partial charge on any atom is 0.174 e. The van der Waals surface area contributed by atoms with E-state index in [-0.39, 0.29) is 6.61 Å². The number of benzene rings is 1. The van der Waals surface area contributed by atoms with Crippen LogP contribution in [0.3, 0.4) is 0 Å². The lowest BCUT2D eigenvalue weighted by atomic mass is 10.2. The Bertz CT molecular complexity index is 620. The molecule has 0 amide bonds. The molecule has 2 aromatic rings. The zero-order chi connectivity index (χ0) is 14.5. The first-order chi connectivity index (χ1) is 9.61. The summed E-state index contributed by atoms with van der Waals surface area (Å²) in [6.45, 7) is 5.11. The van der Waals surface area contributed by atoms with E-state index < -0.39 is 0 Å². The minimum atomic E-state index is 0.0786. The molecule has 0 atom stereocenters. The molecule has 1 aromatic heterocycles. The van der Waals surface area contributed by atoms with Gasteiger partial charge in [0, 0.05) is 30.7 Å². The van der Waals surface area contributed by atoms with Crippen molar-refractivity contribution in [3.8, 4) is 11.8 Å². The Morgan fingerprint density at radius 2 is 1.95 bits per heavy atom. The smallest absolute Gasteiger partial charge is 0.174 e. The molecular formula is C16H19N3O. The lowest BCUT2D eigenvalue weighted by molar-refractivity contribution is 0.368. The van der Waals surface area contributed by atoms with Crippen LogP contribution in [0.2, 0.25) is 0 Å². The third-order valence-corrected chi connectivity index (χ3v) is 3.52. The molecule has 0 unspecified atom stereocenters. The number of hydrogen-bond donors (Lipinski definition) is 1. The van der Waals surface area contributed by atoms with E-state index in [9.17, 15) is 0 Å². The predicted octanol–water partition coefficient (Wildman–Crippen LogP) is 3.16. The van der Waals surface area contributed by atoms with Crippen molar-refractivity contribution in [2.45, 2.75) is 20.4 Å². The molecule has 0 aliphatic carbocycles. The van der Waals surface area contributed by atoms with Crippen molar-refractivity contribution in [1.29, 1.82) is 5.26 Å². The number of ether oxygens (including phenoxy) is 1. The third-order valence-electron chi connectivity index (χ3n) is 3.52. The van der Waals surface area contributed by atoms with Crippen molar-refractivity contribution in [2.24, 2.45) is 7.05 Å². The van der Waals surface area contributed by atoms with Gasteiger partial charge in [0.2, 0.25) is 0 Å². The van der Waals surface area contributed by atoms with Gasteiger partial charge in [-0.05, 0) is 49.7 Å². The number of nitrogens with zero attached hydrogens (tertiary/aromatic N) is 2. The fourth-order valence-corrected chi connectivity index (χ4v) is 2.09. The highest BCUT2D eigenvalue weighted by molar-refractivity contribution is 5.47. The monoisotopic (exact) mass is 269 g/mol. The Morgan fingerprint density at radius 3 is 2.50 bits per heavy atom. The third kappa shape index (κ3) is 3.12.